The summed E-state index contributed by atoms with van der Waals surface area (Å²) in [6.07, 6.45) is 1.60. The summed E-state index contributed by atoms with van der Waals surface area (Å²) < 4.78 is 10.6. The normalized spacial score (nSPS) is 13.3. The lowest BCUT2D eigenvalue weighted by Gasteiger charge is -2.30. The molecular formula is C14H15ClN6O3. The quantitative estimate of drug-likeness (QED) is 0.787. The van der Waals surface area contributed by atoms with Crippen molar-refractivity contribution in [2.75, 3.05) is 36.7 Å². The second kappa shape index (κ2) is 6.36. The molecule has 9 nitrogen and oxygen atoms in total. The Morgan fingerprint density at radius 3 is 2.88 bits per heavy atom. The van der Waals surface area contributed by atoms with Crippen molar-refractivity contribution >= 4 is 35.0 Å². The van der Waals surface area contributed by atoms with Crippen molar-refractivity contribution in [2.24, 2.45) is 0 Å². The van der Waals surface area contributed by atoms with Crippen LogP contribution in [0.5, 0.6) is 11.5 Å². The lowest BCUT2D eigenvalue weighted by atomic mass is 10.2. The summed E-state index contributed by atoms with van der Waals surface area (Å²) in [4.78, 5) is 26.0. The van der Waals surface area contributed by atoms with Crippen molar-refractivity contribution in [3.8, 4) is 11.5 Å². The van der Waals surface area contributed by atoms with Gasteiger partial charge in [0.1, 0.15) is 11.4 Å². The Bertz CT molecular complexity index is 800. The Balaban J connectivity index is 2.02. The Morgan fingerprint density at radius 2 is 2.17 bits per heavy atom. The first-order chi connectivity index (χ1) is 11.5. The number of aromatic nitrogens is 3. The maximum absolute atomic E-state index is 12.0. The van der Waals surface area contributed by atoms with Gasteiger partial charge in [0, 0.05) is 12.3 Å². The molecular weight excluding hydrogens is 336 g/mol. The average molecular weight is 351 g/mol. The van der Waals surface area contributed by atoms with Gasteiger partial charge in [-0.25, -0.2) is 0 Å². The summed E-state index contributed by atoms with van der Waals surface area (Å²) in [6, 6.07) is 1.69. The molecule has 1 amide bonds. The lowest BCUT2D eigenvalue weighted by molar-refractivity contribution is -0.115. The van der Waals surface area contributed by atoms with Crippen LogP contribution in [0.3, 0.4) is 0 Å². The van der Waals surface area contributed by atoms with Crippen molar-refractivity contribution in [3.63, 3.8) is 0 Å². The third-order valence-electron chi connectivity index (χ3n) is 3.47. The summed E-state index contributed by atoms with van der Waals surface area (Å²) >= 11 is 6.05. The number of nitrogens with zero attached hydrogens (tertiary/aromatic N) is 4. The number of nitrogens with two attached hydrogens (primary N) is 1. The van der Waals surface area contributed by atoms with Crippen LogP contribution in [0.4, 0.5) is 17.5 Å². The topological polar surface area (TPSA) is 115 Å². The number of hydrogen-bond donors (Lipinski definition) is 2. The zero-order valence-corrected chi connectivity index (χ0v) is 13.8. The predicted octanol–water partition coefficient (Wildman–Crippen LogP) is 1.08. The maximum atomic E-state index is 12.0. The third kappa shape index (κ3) is 2.85. The fourth-order valence-corrected chi connectivity index (χ4v) is 2.69. The number of hydrogen-bond acceptors (Lipinski definition) is 8. The lowest BCUT2D eigenvalue weighted by Crippen LogP contribution is -2.39. The van der Waals surface area contributed by atoms with E-state index in [0.717, 1.165) is 0 Å². The number of anilines is 3. The third-order valence-corrected chi connectivity index (χ3v) is 3.74. The predicted molar refractivity (Wildman–Crippen MR) is 88.5 cm³/mol. The molecule has 0 aliphatic carbocycles. The Labute approximate surface area is 142 Å². The molecule has 0 unspecified atom stereocenters. The van der Waals surface area contributed by atoms with E-state index in [1.807, 2.05) is 0 Å². The average Bonchev–Trinajstić information content (AvgIpc) is 2.55. The summed E-state index contributed by atoms with van der Waals surface area (Å²) in [5.74, 6) is 1.24. The first kappa shape index (κ1) is 16.1. The van der Waals surface area contributed by atoms with Gasteiger partial charge in [-0.1, -0.05) is 11.6 Å². The molecule has 0 radical (unpaired) electrons. The summed E-state index contributed by atoms with van der Waals surface area (Å²) in [5.41, 5.74) is 6.58. The van der Waals surface area contributed by atoms with Crippen molar-refractivity contribution in [1.82, 2.24) is 15.0 Å². The number of amides is 1. The van der Waals surface area contributed by atoms with E-state index in [1.165, 1.54) is 7.11 Å². The van der Waals surface area contributed by atoms with E-state index in [4.69, 9.17) is 26.8 Å². The van der Waals surface area contributed by atoms with Crippen LogP contribution in [0.2, 0.25) is 5.15 Å². The van der Waals surface area contributed by atoms with Gasteiger partial charge < -0.3 is 25.4 Å². The Hall–Kier alpha value is -2.81. The smallest absolute Gasteiger partial charge is 0.244 e. The number of nitrogens with one attached hydrogen (secondary N) is 1. The van der Waals surface area contributed by atoms with E-state index < -0.39 is 0 Å². The van der Waals surface area contributed by atoms with Crippen LogP contribution >= 0.6 is 11.6 Å². The van der Waals surface area contributed by atoms with Gasteiger partial charge in [0.05, 0.1) is 27.3 Å². The highest BCUT2D eigenvalue weighted by Gasteiger charge is 2.28. The monoisotopic (exact) mass is 350 g/mol. The molecule has 0 fully saturated rings. The highest BCUT2D eigenvalue weighted by Crippen LogP contribution is 2.36. The van der Waals surface area contributed by atoms with Gasteiger partial charge >= 0.3 is 0 Å². The number of carbonyl (C=O) groups excluding carboxylic acids is 1. The molecule has 3 N–H and O–H groups in total. The van der Waals surface area contributed by atoms with Crippen molar-refractivity contribution < 1.29 is 14.3 Å². The van der Waals surface area contributed by atoms with Crippen LogP contribution in [-0.4, -0.2) is 41.6 Å². The number of fused-ring (bicyclic) bond motifs is 1. The standard InChI is InChI=1S/C14H15ClN6O3/c1-23-8-3-4-17-7(11(8)24-2)5-21-6-9(22)18-10-12(15)19-14(16)20-13(10)21/h3-4H,5-6H2,1-2H3,(H,18,22)(H2,16,19,20). The molecule has 1 aliphatic heterocycles. The molecule has 3 heterocycles. The van der Waals surface area contributed by atoms with Crippen LogP contribution in [-0.2, 0) is 11.3 Å². The van der Waals surface area contributed by atoms with E-state index in [-0.39, 0.29) is 30.1 Å². The number of methoxy groups -OCH3 is 2. The van der Waals surface area contributed by atoms with Gasteiger partial charge in [0.25, 0.3) is 0 Å². The minimum atomic E-state index is -0.236. The van der Waals surface area contributed by atoms with Crippen LogP contribution in [0.25, 0.3) is 0 Å². The summed E-state index contributed by atoms with van der Waals surface area (Å²) in [7, 11) is 3.07. The van der Waals surface area contributed by atoms with Crippen molar-refractivity contribution in [1.29, 1.82) is 0 Å². The number of ether oxygens (including phenoxy) is 2. The largest absolute Gasteiger partial charge is 0.493 e. The van der Waals surface area contributed by atoms with E-state index in [9.17, 15) is 4.79 Å². The molecule has 1 aliphatic rings. The van der Waals surface area contributed by atoms with Crippen molar-refractivity contribution in [2.45, 2.75) is 6.54 Å². The van der Waals surface area contributed by atoms with Crippen LogP contribution in [0.1, 0.15) is 5.69 Å². The second-order valence-electron chi connectivity index (χ2n) is 4.97. The molecule has 0 atom stereocenters. The van der Waals surface area contributed by atoms with E-state index in [2.05, 4.69) is 20.3 Å². The minimum Gasteiger partial charge on any atom is -0.493 e. The molecule has 0 aromatic carbocycles. The molecule has 2 aromatic heterocycles. The van der Waals surface area contributed by atoms with Gasteiger partial charge in [-0.2, -0.15) is 9.97 Å². The number of carbonyl (C=O) groups is 1. The van der Waals surface area contributed by atoms with E-state index >= 15 is 0 Å². The van der Waals surface area contributed by atoms with Crippen LogP contribution < -0.4 is 25.4 Å². The molecule has 24 heavy (non-hydrogen) atoms. The van der Waals surface area contributed by atoms with Gasteiger partial charge in [0.15, 0.2) is 22.5 Å². The summed E-state index contributed by atoms with van der Waals surface area (Å²) in [6.45, 7) is 0.329. The molecule has 0 bridgehead atoms. The van der Waals surface area contributed by atoms with Crippen LogP contribution in [0.15, 0.2) is 12.3 Å². The number of rotatable bonds is 4. The first-order valence-corrected chi connectivity index (χ1v) is 7.35. The van der Waals surface area contributed by atoms with Gasteiger partial charge in [0.2, 0.25) is 11.9 Å². The highest BCUT2D eigenvalue weighted by atomic mass is 35.5. The summed E-state index contributed by atoms with van der Waals surface area (Å²) in [5, 5.41) is 2.74. The van der Waals surface area contributed by atoms with Gasteiger partial charge in [-0.05, 0) is 0 Å². The SMILES string of the molecule is COc1ccnc(CN2CC(=O)Nc3c(Cl)nc(N)nc32)c1OC. The molecule has 10 heteroatoms. The molecule has 0 saturated carbocycles. The fraction of sp³-hybridized carbons (Fsp3) is 0.286. The molecule has 0 saturated heterocycles. The van der Waals surface area contributed by atoms with Crippen molar-refractivity contribution in [3.05, 3.63) is 23.1 Å². The molecule has 0 spiro atoms. The molecule has 3 rings (SSSR count). The first-order valence-electron chi connectivity index (χ1n) is 6.97. The minimum absolute atomic E-state index is 0.0189. The van der Waals surface area contributed by atoms with Crippen LogP contribution in [0, 0.1) is 0 Å². The van der Waals surface area contributed by atoms with Gasteiger partial charge in [-0.3, -0.25) is 9.78 Å². The number of halogens is 1. The van der Waals surface area contributed by atoms with Gasteiger partial charge in [-0.15, -0.1) is 0 Å². The zero-order chi connectivity index (χ0) is 17.3. The number of nitrogen functional groups attached to an aromatic ring is 1. The highest BCUT2D eigenvalue weighted by molar-refractivity contribution is 6.33. The fourth-order valence-electron chi connectivity index (χ4n) is 2.48. The van der Waals surface area contributed by atoms with E-state index in [0.29, 0.717) is 28.7 Å². The molecule has 126 valence electrons. The zero-order valence-electron chi connectivity index (χ0n) is 13.0. The second-order valence-corrected chi connectivity index (χ2v) is 5.33. The Morgan fingerprint density at radius 1 is 1.38 bits per heavy atom. The number of pyridine rings is 1. The maximum Gasteiger partial charge on any atom is 0.244 e. The van der Waals surface area contributed by atoms with E-state index in [1.54, 1.807) is 24.3 Å². The Kier molecular flexibility index (Phi) is 4.26. The molecule has 2 aromatic rings.